The van der Waals surface area contributed by atoms with Crippen LogP contribution in [0.2, 0.25) is 0 Å². The summed E-state index contributed by atoms with van der Waals surface area (Å²) >= 11 is 3.80. The standard InChI is InChI=1S/C33H51BrN6O/c1-8-11-13-16-33(7,15-12-9-2)22-41-32-38-28-20-27(34)30(37-23(4)5)26(10-3)29(28)31(39-32)40-18-14-17-36-25(21-40)19-24(6)35/h10,19-20,23H,8-9,11-18,21-22,35H2,1-7H3/b24-19-,26-10-,37-30?. The van der Waals surface area contributed by atoms with Crippen LogP contribution in [0.25, 0.3) is 11.6 Å². The summed E-state index contributed by atoms with van der Waals surface area (Å²) in [4.78, 5) is 22.2. The van der Waals surface area contributed by atoms with Gasteiger partial charge in [0.25, 0.3) is 0 Å². The number of aliphatic imine (C=N–C) groups is 2. The number of nitrogens with zero attached hydrogens (tertiary/aromatic N) is 5. The summed E-state index contributed by atoms with van der Waals surface area (Å²) in [6, 6.07) is 0.582. The highest BCUT2D eigenvalue weighted by Crippen LogP contribution is 2.40. The lowest BCUT2D eigenvalue weighted by Crippen LogP contribution is -2.32. The van der Waals surface area contributed by atoms with Gasteiger partial charge in [-0.25, -0.2) is 0 Å². The second-order valence-electron chi connectivity index (χ2n) is 12.1. The average molecular weight is 628 g/mol. The van der Waals surface area contributed by atoms with Crippen LogP contribution in [-0.2, 0) is 0 Å². The zero-order valence-electron chi connectivity index (χ0n) is 26.4. The molecule has 0 bridgehead atoms. The monoisotopic (exact) mass is 626 g/mol. The van der Waals surface area contributed by atoms with Gasteiger partial charge < -0.3 is 15.4 Å². The van der Waals surface area contributed by atoms with E-state index in [1.807, 2.05) is 13.0 Å². The largest absolute Gasteiger partial charge is 0.463 e. The molecule has 7 nitrogen and oxygen atoms in total. The van der Waals surface area contributed by atoms with Gasteiger partial charge in [-0.15, -0.1) is 0 Å². The summed E-state index contributed by atoms with van der Waals surface area (Å²) in [6.45, 7) is 17.9. The highest BCUT2D eigenvalue weighted by atomic mass is 79.9. The van der Waals surface area contributed by atoms with Crippen LogP contribution in [0.5, 0.6) is 6.01 Å². The van der Waals surface area contributed by atoms with Crippen LogP contribution < -0.4 is 15.4 Å². The fourth-order valence-corrected chi connectivity index (χ4v) is 6.00. The molecule has 2 heterocycles. The summed E-state index contributed by atoms with van der Waals surface area (Å²) in [6.07, 6.45) is 15.5. The van der Waals surface area contributed by atoms with Crippen LogP contribution >= 0.6 is 15.9 Å². The van der Waals surface area contributed by atoms with E-state index in [9.17, 15) is 0 Å². The maximum Gasteiger partial charge on any atom is 0.318 e. The van der Waals surface area contributed by atoms with E-state index in [1.54, 1.807) is 0 Å². The van der Waals surface area contributed by atoms with Crippen molar-refractivity contribution in [1.82, 2.24) is 9.97 Å². The molecule has 0 aromatic carbocycles. The molecular formula is C33H51BrN6O. The first-order valence-corrected chi connectivity index (χ1v) is 16.3. The zero-order valence-corrected chi connectivity index (χ0v) is 28.0. The number of unbranched alkanes of at least 4 members (excludes halogenated alkanes) is 3. The lowest BCUT2D eigenvalue weighted by Gasteiger charge is -2.31. The lowest BCUT2D eigenvalue weighted by atomic mass is 9.81. The number of ether oxygens (including phenoxy) is 1. The van der Waals surface area contributed by atoms with Crippen LogP contribution in [0.3, 0.4) is 0 Å². The van der Waals surface area contributed by atoms with E-state index in [0.29, 0.717) is 19.2 Å². The molecule has 1 aromatic rings. The molecule has 0 fully saturated rings. The Labute approximate surface area is 256 Å². The van der Waals surface area contributed by atoms with Gasteiger partial charge in [0.2, 0.25) is 0 Å². The van der Waals surface area contributed by atoms with Crippen molar-refractivity contribution in [2.24, 2.45) is 21.1 Å². The number of fused-ring (bicyclic) bond motifs is 1. The minimum Gasteiger partial charge on any atom is -0.463 e. The van der Waals surface area contributed by atoms with Gasteiger partial charge in [-0.05, 0) is 75.0 Å². The van der Waals surface area contributed by atoms with E-state index in [1.165, 1.54) is 32.1 Å². The minimum absolute atomic E-state index is 0.0957. The molecule has 0 amide bonds. The summed E-state index contributed by atoms with van der Waals surface area (Å²) in [5.74, 6) is 0.865. The molecule has 3 rings (SSSR count). The molecule has 1 atom stereocenters. The third-order valence-corrected chi connectivity index (χ3v) is 8.21. The Hall–Kier alpha value is -2.48. The van der Waals surface area contributed by atoms with Crippen LogP contribution in [0.1, 0.15) is 111 Å². The molecule has 8 heteroatoms. The van der Waals surface area contributed by atoms with E-state index in [-0.39, 0.29) is 11.5 Å². The first kappa shape index (κ1) is 33.0. The third kappa shape index (κ3) is 9.25. The molecule has 1 unspecified atom stereocenters. The summed E-state index contributed by atoms with van der Waals surface area (Å²) in [5, 5.41) is 0. The van der Waals surface area contributed by atoms with Crippen LogP contribution in [0.15, 0.2) is 32.3 Å². The number of allylic oxidation sites excluding steroid dienone is 4. The Morgan fingerprint density at radius 2 is 1.93 bits per heavy atom. The second-order valence-corrected chi connectivity index (χ2v) is 12.9. The molecule has 226 valence electrons. The van der Waals surface area contributed by atoms with Gasteiger partial charge in [0.05, 0.1) is 35.8 Å². The summed E-state index contributed by atoms with van der Waals surface area (Å²) < 4.78 is 7.43. The minimum atomic E-state index is 0.0957. The number of hydrogen-bond donors (Lipinski definition) is 1. The Kier molecular flexibility index (Phi) is 12.6. The van der Waals surface area contributed by atoms with E-state index in [0.717, 1.165) is 76.6 Å². The highest BCUT2D eigenvalue weighted by Gasteiger charge is 2.31. The predicted molar refractivity (Wildman–Crippen MR) is 180 cm³/mol. The molecule has 1 aliphatic carbocycles. The fourth-order valence-electron chi connectivity index (χ4n) is 5.46. The maximum absolute atomic E-state index is 6.51. The Bertz CT molecular complexity index is 1190. The van der Waals surface area contributed by atoms with Gasteiger partial charge in [-0.3, -0.25) is 9.98 Å². The van der Waals surface area contributed by atoms with Gasteiger partial charge in [0.15, 0.2) is 0 Å². The fraction of sp³-hybridized carbons (Fsp3) is 0.636. The molecule has 1 aliphatic heterocycles. The molecular weight excluding hydrogens is 576 g/mol. The molecule has 2 N–H and O–H groups in total. The highest BCUT2D eigenvalue weighted by molar-refractivity contribution is 9.12. The molecule has 0 saturated heterocycles. The first-order chi connectivity index (χ1) is 19.6. The SMILES string of the molecule is C/C=C1\C(=NC(C)C)C(Br)=Cc2nc(OCC(C)(CCCC)CCCCC)nc(N3CCCN=C(/C=C(/C)N)C3)c21. The smallest absolute Gasteiger partial charge is 0.318 e. The predicted octanol–water partition coefficient (Wildman–Crippen LogP) is 8.15. The van der Waals surface area contributed by atoms with Crippen molar-refractivity contribution in [3.63, 3.8) is 0 Å². The van der Waals surface area contributed by atoms with Crippen molar-refractivity contribution in [2.45, 2.75) is 106 Å². The Morgan fingerprint density at radius 1 is 1.20 bits per heavy atom. The number of aromatic nitrogens is 2. The summed E-state index contributed by atoms with van der Waals surface area (Å²) in [5.41, 5.74) is 11.7. The second kappa shape index (κ2) is 15.7. The normalized spacial score (nSPS) is 19.6. The number of hydrogen-bond acceptors (Lipinski definition) is 7. The van der Waals surface area contributed by atoms with Crippen molar-refractivity contribution in [2.75, 3.05) is 31.1 Å². The van der Waals surface area contributed by atoms with Crippen molar-refractivity contribution >= 4 is 44.8 Å². The van der Waals surface area contributed by atoms with Crippen molar-refractivity contribution in [3.8, 4) is 6.01 Å². The molecule has 0 saturated carbocycles. The quantitative estimate of drug-likeness (QED) is 0.223. The van der Waals surface area contributed by atoms with E-state index >= 15 is 0 Å². The molecule has 41 heavy (non-hydrogen) atoms. The van der Waals surface area contributed by atoms with E-state index in [2.05, 4.69) is 74.5 Å². The topological polar surface area (TPSA) is 89.0 Å². The van der Waals surface area contributed by atoms with Crippen LogP contribution in [0.4, 0.5) is 5.82 Å². The summed E-state index contributed by atoms with van der Waals surface area (Å²) in [7, 11) is 0. The molecule has 1 aromatic heterocycles. The number of rotatable bonds is 13. The average Bonchev–Trinajstić information content (AvgIpc) is 3.16. The Balaban J connectivity index is 2.09. The number of anilines is 1. The number of halogens is 1. The number of nitrogens with two attached hydrogens (primary N) is 1. The molecule has 0 spiro atoms. The Morgan fingerprint density at radius 3 is 2.59 bits per heavy atom. The lowest BCUT2D eigenvalue weighted by molar-refractivity contribution is 0.126. The van der Waals surface area contributed by atoms with Crippen LogP contribution in [-0.4, -0.2) is 53.7 Å². The van der Waals surface area contributed by atoms with Gasteiger partial charge in [0, 0.05) is 40.3 Å². The van der Waals surface area contributed by atoms with Crippen molar-refractivity contribution in [3.05, 3.63) is 33.6 Å². The van der Waals surface area contributed by atoms with Gasteiger partial charge in [-0.2, -0.15) is 9.97 Å². The van der Waals surface area contributed by atoms with Crippen molar-refractivity contribution < 1.29 is 4.74 Å². The van der Waals surface area contributed by atoms with Gasteiger partial charge in [-0.1, -0.05) is 59.0 Å². The first-order valence-electron chi connectivity index (χ1n) is 15.5. The van der Waals surface area contributed by atoms with E-state index in [4.69, 9.17) is 30.4 Å². The van der Waals surface area contributed by atoms with Gasteiger partial charge >= 0.3 is 6.01 Å². The van der Waals surface area contributed by atoms with Crippen LogP contribution in [0, 0.1) is 5.41 Å². The van der Waals surface area contributed by atoms with Gasteiger partial charge in [0.1, 0.15) is 5.82 Å². The maximum atomic E-state index is 6.51. The molecule has 0 radical (unpaired) electrons. The molecule has 2 aliphatic rings. The third-order valence-electron chi connectivity index (χ3n) is 7.60. The van der Waals surface area contributed by atoms with E-state index < -0.39 is 0 Å². The van der Waals surface area contributed by atoms with Crippen molar-refractivity contribution in [1.29, 1.82) is 0 Å². The zero-order chi connectivity index (χ0) is 30.0.